The smallest absolute Gasteiger partial charge is 1.00 e. The van der Waals surface area contributed by atoms with Gasteiger partial charge in [-0.2, -0.15) is 0 Å². The number of rotatable bonds is 0. The minimum atomic E-state index is 0. The summed E-state index contributed by atoms with van der Waals surface area (Å²) in [6, 6.07) is 12.0. The molecule has 0 atom stereocenters. The molecule has 0 heterocycles. The van der Waals surface area contributed by atoms with Crippen LogP contribution in [0, 0.1) is 0 Å². The van der Waals surface area contributed by atoms with E-state index in [1.165, 1.54) is 0 Å². The zero-order valence-corrected chi connectivity index (χ0v) is 8.43. The van der Waals surface area contributed by atoms with Gasteiger partial charge in [0.1, 0.15) is 0 Å². The fourth-order valence-electron chi connectivity index (χ4n) is 0.385. The number of benzene rings is 1. The maximum atomic E-state index is 2.00. The van der Waals surface area contributed by atoms with Gasteiger partial charge < -0.3 is 17.0 Å². The molecule has 0 amide bonds. The van der Waals surface area contributed by atoms with Gasteiger partial charge in [0.2, 0.25) is 0 Å². The first kappa shape index (κ1) is 11.5. The molecule has 0 bridgehead atoms. The topological polar surface area (TPSA) is 0 Å². The van der Waals surface area contributed by atoms with Crippen LogP contribution >= 0.6 is 0 Å². The summed E-state index contributed by atoms with van der Waals surface area (Å²) in [7, 11) is 0. The van der Waals surface area contributed by atoms with Crippen LogP contribution in [0.25, 0.3) is 0 Å². The summed E-state index contributed by atoms with van der Waals surface area (Å²) in [5.41, 5.74) is 0. The first-order valence-corrected chi connectivity index (χ1v) is 2.00. The van der Waals surface area contributed by atoms with Crippen LogP contribution < -0.4 is 46.5 Å². The SMILES string of the molecule is [Br-].[Na+].c1ccccc1. The van der Waals surface area contributed by atoms with Crippen molar-refractivity contribution in [2.75, 3.05) is 0 Å². The molecule has 1 rings (SSSR count). The molecule has 0 spiro atoms. The van der Waals surface area contributed by atoms with Gasteiger partial charge in [-0.3, -0.25) is 0 Å². The van der Waals surface area contributed by atoms with E-state index in [9.17, 15) is 0 Å². The van der Waals surface area contributed by atoms with Crippen molar-refractivity contribution in [3.8, 4) is 0 Å². The zero-order valence-electron chi connectivity index (χ0n) is 4.84. The van der Waals surface area contributed by atoms with Crippen molar-refractivity contribution in [1.29, 1.82) is 0 Å². The maximum Gasteiger partial charge on any atom is 1.00 e. The van der Waals surface area contributed by atoms with E-state index >= 15 is 0 Å². The molecule has 0 saturated heterocycles. The molecule has 0 fully saturated rings. The molecule has 0 aliphatic carbocycles. The number of hydrogen-bond donors (Lipinski definition) is 0. The molecule has 0 radical (unpaired) electrons. The second-order valence-corrected chi connectivity index (χ2v) is 1.15. The van der Waals surface area contributed by atoms with Crippen LogP contribution in [0.15, 0.2) is 36.4 Å². The van der Waals surface area contributed by atoms with Crippen LogP contribution in [0.5, 0.6) is 0 Å². The molecule has 0 aromatic heterocycles. The second kappa shape index (κ2) is 7.70. The second-order valence-electron chi connectivity index (χ2n) is 1.15. The standard InChI is InChI=1S/C6H6.BrH.Na/c1-2-4-6-5-3-1;;/h1-6H;1H;/q;;+1/p-1. The van der Waals surface area contributed by atoms with E-state index in [1.807, 2.05) is 36.4 Å². The van der Waals surface area contributed by atoms with Crippen molar-refractivity contribution in [3.05, 3.63) is 36.4 Å². The molecule has 8 heavy (non-hydrogen) atoms. The van der Waals surface area contributed by atoms with Crippen molar-refractivity contribution in [2.24, 2.45) is 0 Å². The Balaban J connectivity index is 0. The molecule has 0 unspecified atom stereocenters. The largest absolute Gasteiger partial charge is 1.00 e. The van der Waals surface area contributed by atoms with Gasteiger partial charge >= 0.3 is 29.6 Å². The third kappa shape index (κ3) is 4.85. The summed E-state index contributed by atoms with van der Waals surface area (Å²) in [5, 5.41) is 0. The first-order valence-electron chi connectivity index (χ1n) is 2.00. The molecule has 38 valence electrons. The molecular weight excluding hydrogens is 175 g/mol. The molecule has 0 nitrogen and oxygen atoms in total. The minimum absolute atomic E-state index is 0. The average molecular weight is 181 g/mol. The maximum absolute atomic E-state index is 2.00. The van der Waals surface area contributed by atoms with Gasteiger partial charge in [-0.1, -0.05) is 36.4 Å². The Morgan fingerprint density at radius 2 is 0.625 bits per heavy atom. The predicted octanol–water partition coefficient (Wildman–Crippen LogP) is -4.31. The van der Waals surface area contributed by atoms with E-state index in [1.54, 1.807) is 0 Å². The Bertz CT molecular complexity index is 80.5. The third-order valence-corrected chi connectivity index (χ3v) is 0.667. The third-order valence-electron chi connectivity index (χ3n) is 0.667. The van der Waals surface area contributed by atoms with Crippen molar-refractivity contribution < 1.29 is 46.5 Å². The van der Waals surface area contributed by atoms with Crippen molar-refractivity contribution in [2.45, 2.75) is 0 Å². The van der Waals surface area contributed by atoms with E-state index < -0.39 is 0 Å². The monoisotopic (exact) mass is 180 g/mol. The zero-order chi connectivity index (χ0) is 4.24. The van der Waals surface area contributed by atoms with Gasteiger partial charge in [-0.05, 0) is 0 Å². The van der Waals surface area contributed by atoms with Gasteiger partial charge in [0, 0.05) is 0 Å². The Hall–Kier alpha value is 0.700. The summed E-state index contributed by atoms with van der Waals surface area (Å²) in [6.07, 6.45) is 0. The van der Waals surface area contributed by atoms with Gasteiger partial charge in [-0.15, -0.1) is 0 Å². The molecule has 0 aliphatic heterocycles. The Morgan fingerprint density at radius 1 is 0.500 bits per heavy atom. The van der Waals surface area contributed by atoms with Gasteiger partial charge in [0.05, 0.1) is 0 Å². The molecule has 0 N–H and O–H groups in total. The van der Waals surface area contributed by atoms with E-state index in [-0.39, 0.29) is 46.5 Å². The van der Waals surface area contributed by atoms with Crippen LogP contribution in [-0.4, -0.2) is 0 Å². The van der Waals surface area contributed by atoms with Crippen LogP contribution in [-0.2, 0) is 0 Å². The average Bonchev–Trinajstić information content (AvgIpc) is 1.72. The molecule has 2 heteroatoms. The van der Waals surface area contributed by atoms with E-state index in [0.717, 1.165) is 0 Å². The van der Waals surface area contributed by atoms with Crippen LogP contribution in [0.3, 0.4) is 0 Å². The van der Waals surface area contributed by atoms with Gasteiger partial charge in [0.15, 0.2) is 0 Å². The van der Waals surface area contributed by atoms with Gasteiger partial charge in [-0.25, -0.2) is 0 Å². The Morgan fingerprint density at radius 3 is 0.750 bits per heavy atom. The molecule has 1 aromatic carbocycles. The Labute approximate surface area is 82.4 Å². The molecule has 0 aliphatic rings. The normalized spacial score (nSPS) is 6.00. The summed E-state index contributed by atoms with van der Waals surface area (Å²) in [4.78, 5) is 0. The summed E-state index contributed by atoms with van der Waals surface area (Å²) < 4.78 is 0. The number of halogens is 1. The fourth-order valence-corrected chi connectivity index (χ4v) is 0.385. The summed E-state index contributed by atoms with van der Waals surface area (Å²) in [5.74, 6) is 0. The quantitative estimate of drug-likeness (QED) is 0.355. The number of hydrogen-bond acceptors (Lipinski definition) is 0. The first-order chi connectivity index (χ1) is 3.00. The predicted molar refractivity (Wildman–Crippen MR) is 26.4 cm³/mol. The van der Waals surface area contributed by atoms with E-state index in [0.29, 0.717) is 0 Å². The minimum Gasteiger partial charge on any atom is -1.00 e. The van der Waals surface area contributed by atoms with Crippen molar-refractivity contribution >= 4 is 0 Å². The van der Waals surface area contributed by atoms with E-state index in [2.05, 4.69) is 0 Å². The van der Waals surface area contributed by atoms with Crippen LogP contribution in [0.1, 0.15) is 0 Å². The molecule has 1 aromatic rings. The van der Waals surface area contributed by atoms with Gasteiger partial charge in [0.25, 0.3) is 0 Å². The van der Waals surface area contributed by atoms with Crippen LogP contribution in [0.4, 0.5) is 0 Å². The van der Waals surface area contributed by atoms with Crippen molar-refractivity contribution in [3.63, 3.8) is 0 Å². The summed E-state index contributed by atoms with van der Waals surface area (Å²) in [6.45, 7) is 0. The Kier molecular flexibility index (Phi) is 11.1. The van der Waals surface area contributed by atoms with Crippen molar-refractivity contribution in [1.82, 2.24) is 0 Å². The fraction of sp³-hybridized carbons (Fsp3) is 0. The van der Waals surface area contributed by atoms with E-state index in [4.69, 9.17) is 0 Å². The van der Waals surface area contributed by atoms with Crippen LogP contribution in [0.2, 0.25) is 0 Å². The summed E-state index contributed by atoms with van der Waals surface area (Å²) >= 11 is 0. The molecular formula is C6H6BrNa. The molecule has 0 saturated carbocycles.